The largest absolute Gasteiger partial charge is 0.416 e. The number of hydrogen-bond acceptors (Lipinski definition) is 5. The Bertz CT molecular complexity index is 354. The summed E-state index contributed by atoms with van der Waals surface area (Å²) >= 11 is 0. The number of imide groups is 1. The molecular weight excluding hydrogens is 200 g/mol. The molecule has 2 atom stereocenters. The maximum atomic E-state index is 11.7. The van der Waals surface area contributed by atoms with Gasteiger partial charge in [-0.25, -0.2) is 4.79 Å². The lowest BCUT2D eigenvalue weighted by Gasteiger charge is -2.26. The first kappa shape index (κ1) is 9.94. The van der Waals surface area contributed by atoms with E-state index in [4.69, 9.17) is 10.6 Å². The van der Waals surface area contributed by atoms with Gasteiger partial charge in [0.05, 0.1) is 6.04 Å². The van der Waals surface area contributed by atoms with Crippen LogP contribution in [0.15, 0.2) is 11.8 Å². The molecule has 7 nitrogen and oxygen atoms in total. The maximum Gasteiger partial charge on any atom is 0.322 e. The van der Waals surface area contributed by atoms with E-state index in [9.17, 15) is 9.59 Å². The fourth-order valence-electron chi connectivity index (χ4n) is 1.79. The third-order valence-corrected chi connectivity index (χ3v) is 2.64. The molecule has 0 aromatic rings. The predicted molar refractivity (Wildman–Crippen MR) is 50.2 cm³/mol. The molecule has 2 rings (SSSR count). The summed E-state index contributed by atoms with van der Waals surface area (Å²) in [6.07, 6.45) is 1.41. The first-order valence-corrected chi connectivity index (χ1v) is 4.55. The van der Waals surface area contributed by atoms with Gasteiger partial charge in [-0.15, -0.1) is 0 Å². The zero-order valence-corrected chi connectivity index (χ0v) is 8.16. The molecule has 2 aliphatic heterocycles. The molecule has 0 aliphatic carbocycles. The van der Waals surface area contributed by atoms with E-state index in [2.05, 4.69) is 16.1 Å². The van der Waals surface area contributed by atoms with Gasteiger partial charge in [0.15, 0.2) is 5.54 Å². The Labute approximate surface area is 86.0 Å². The van der Waals surface area contributed by atoms with Gasteiger partial charge in [0, 0.05) is 12.1 Å². The average molecular weight is 212 g/mol. The average Bonchev–Trinajstić information content (AvgIpc) is 2.71. The number of carbonyl (C=O) groups is 2. The molecule has 15 heavy (non-hydrogen) atoms. The van der Waals surface area contributed by atoms with E-state index in [1.807, 2.05) is 6.92 Å². The molecule has 2 heterocycles. The molecule has 0 aromatic heterocycles. The van der Waals surface area contributed by atoms with Gasteiger partial charge in [0.1, 0.15) is 6.26 Å². The fourth-order valence-corrected chi connectivity index (χ4v) is 1.79. The summed E-state index contributed by atoms with van der Waals surface area (Å²) in [7, 11) is 0. The number of nitrogens with two attached hydrogens (primary N) is 1. The minimum absolute atomic E-state index is 0.00815. The van der Waals surface area contributed by atoms with Gasteiger partial charge in [-0.05, 0) is 6.92 Å². The Morgan fingerprint density at radius 2 is 2.33 bits per heavy atom. The number of hydrogen-bond donors (Lipinski definition) is 4. The summed E-state index contributed by atoms with van der Waals surface area (Å²) in [5, 5.41) is 4.69. The Hall–Kier alpha value is -1.60. The van der Waals surface area contributed by atoms with Crippen LogP contribution in [-0.4, -0.2) is 30.1 Å². The van der Waals surface area contributed by atoms with Crippen LogP contribution in [0.5, 0.6) is 0 Å². The highest BCUT2D eigenvalue weighted by Crippen LogP contribution is 2.25. The predicted octanol–water partition coefficient (Wildman–Crippen LogP) is -1.67. The molecule has 82 valence electrons. The van der Waals surface area contributed by atoms with Crippen molar-refractivity contribution in [3.05, 3.63) is 11.8 Å². The van der Waals surface area contributed by atoms with E-state index in [1.165, 1.54) is 6.26 Å². The van der Waals surface area contributed by atoms with Crippen LogP contribution in [0.25, 0.3) is 0 Å². The third kappa shape index (κ3) is 1.28. The SMILES string of the molecule is CC1NOC=C1C1(CN)NC(=O)NC1=O. The van der Waals surface area contributed by atoms with E-state index in [0.29, 0.717) is 5.57 Å². The summed E-state index contributed by atoms with van der Waals surface area (Å²) in [5.74, 6) is -0.444. The molecule has 0 bridgehead atoms. The zero-order valence-electron chi connectivity index (χ0n) is 8.16. The number of amides is 3. The molecule has 1 saturated heterocycles. The minimum Gasteiger partial charge on any atom is -0.416 e. The first-order valence-electron chi connectivity index (χ1n) is 4.55. The maximum absolute atomic E-state index is 11.7. The highest BCUT2D eigenvalue weighted by Gasteiger charge is 2.51. The molecule has 0 saturated carbocycles. The number of carbonyl (C=O) groups excluding carboxylic acids is 2. The van der Waals surface area contributed by atoms with Gasteiger partial charge >= 0.3 is 6.03 Å². The van der Waals surface area contributed by atoms with Crippen LogP contribution in [0.4, 0.5) is 4.79 Å². The quantitative estimate of drug-likeness (QED) is 0.410. The minimum atomic E-state index is -1.18. The van der Waals surface area contributed by atoms with Gasteiger partial charge in [-0.2, -0.15) is 5.48 Å². The molecule has 7 heteroatoms. The van der Waals surface area contributed by atoms with Crippen molar-refractivity contribution in [1.29, 1.82) is 0 Å². The van der Waals surface area contributed by atoms with Gasteiger partial charge in [0.2, 0.25) is 0 Å². The van der Waals surface area contributed by atoms with E-state index in [0.717, 1.165) is 0 Å². The van der Waals surface area contributed by atoms with E-state index >= 15 is 0 Å². The monoisotopic (exact) mass is 212 g/mol. The zero-order chi connectivity index (χ0) is 11.1. The number of hydroxylamine groups is 1. The summed E-state index contributed by atoms with van der Waals surface area (Å²) in [6.45, 7) is 1.81. The Kier molecular flexibility index (Phi) is 2.13. The lowest BCUT2D eigenvalue weighted by atomic mass is 9.87. The number of nitrogens with one attached hydrogen (secondary N) is 3. The molecule has 5 N–H and O–H groups in total. The number of urea groups is 1. The van der Waals surface area contributed by atoms with Crippen molar-refractivity contribution in [2.45, 2.75) is 18.5 Å². The van der Waals surface area contributed by atoms with Crippen molar-refractivity contribution in [3.63, 3.8) is 0 Å². The second kappa shape index (κ2) is 3.21. The van der Waals surface area contributed by atoms with Crippen molar-refractivity contribution in [3.8, 4) is 0 Å². The van der Waals surface area contributed by atoms with Crippen LogP contribution >= 0.6 is 0 Å². The second-order valence-electron chi connectivity index (χ2n) is 3.55. The van der Waals surface area contributed by atoms with E-state index < -0.39 is 17.5 Å². The molecule has 0 radical (unpaired) electrons. The first-order chi connectivity index (χ1) is 7.10. The molecular formula is C8H12N4O3. The summed E-state index contributed by atoms with van der Waals surface area (Å²) < 4.78 is 0. The smallest absolute Gasteiger partial charge is 0.322 e. The number of rotatable bonds is 2. The van der Waals surface area contributed by atoms with Gasteiger partial charge in [0.25, 0.3) is 5.91 Å². The van der Waals surface area contributed by atoms with Crippen molar-refractivity contribution in [2.24, 2.45) is 5.73 Å². The van der Waals surface area contributed by atoms with Crippen molar-refractivity contribution >= 4 is 11.9 Å². The van der Waals surface area contributed by atoms with Crippen LogP contribution in [0.3, 0.4) is 0 Å². The fraction of sp³-hybridized carbons (Fsp3) is 0.500. The molecule has 1 fully saturated rings. The highest BCUT2D eigenvalue weighted by atomic mass is 16.6. The molecule has 0 aromatic carbocycles. The summed E-state index contributed by atoms with van der Waals surface area (Å²) in [5.41, 5.74) is 7.66. The van der Waals surface area contributed by atoms with Crippen LogP contribution in [0.1, 0.15) is 6.92 Å². The van der Waals surface area contributed by atoms with E-state index in [-0.39, 0.29) is 12.6 Å². The van der Waals surface area contributed by atoms with Crippen LogP contribution in [-0.2, 0) is 9.63 Å². The Morgan fingerprint density at radius 1 is 1.60 bits per heavy atom. The standard InChI is InChI=1S/C8H12N4O3/c1-4-5(2-15-12-4)8(3-9)6(13)10-7(14)11-8/h2,4,12H,3,9H2,1H3,(H2,10,11,13,14). The molecule has 3 amide bonds. The van der Waals surface area contributed by atoms with Gasteiger partial charge in [-0.1, -0.05) is 0 Å². The molecule has 2 unspecified atom stereocenters. The van der Waals surface area contributed by atoms with Crippen molar-refractivity contribution in [1.82, 2.24) is 16.1 Å². The summed E-state index contributed by atoms with van der Waals surface area (Å²) in [6, 6.07) is -0.705. The van der Waals surface area contributed by atoms with Crippen molar-refractivity contribution < 1.29 is 14.4 Å². The normalized spacial score (nSPS) is 34.5. The second-order valence-corrected chi connectivity index (χ2v) is 3.55. The lowest BCUT2D eigenvalue weighted by molar-refractivity contribution is -0.122. The lowest BCUT2D eigenvalue weighted by Crippen LogP contribution is -2.56. The highest BCUT2D eigenvalue weighted by molar-refractivity contribution is 6.09. The van der Waals surface area contributed by atoms with E-state index in [1.54, 1.807) is 0 Å². The van der Waals surface area contributed by atoms with Crippen LogP contribution in [0.2, 0.25) is 0 Å². The van der Waals surface area contributed by atoms with Crippen LogP contribution < -0.4 is 21.8 Å². The van der Waals surface area contributed by atoms with Gasteiger partial charge < -0.3 is 15.9 Å². The third-order valence-electron chi connectivity index (χ3n) is 2.64. The molecule has 0 spiro atoms. The topological polar surface area (TPSA) is 105 Å². The Balaban J connectivity index is 2.37. The van der Waals surface area contributed by atoms with Crippen LogP contribution in [0, 0.1) is 0 Å². The summed E-state index contributed by atoms with van der Waals surface area (Å²) in [4.78, 5) is 27.7. The Morgan fingerprint density at radius 3 is 2.73 bits per heavy atom. The van der Waals surface area contributed by atoms with Crippen molar-refractivity contribution in [2.75, 3.05) is 6.54 Å². The molecule has 2 aliphatic rings. The van der Waals surface area contributed by atoms with Gasteiger partial charge in [-0.3, -0.25) is 10.1 Å².